The van der Waals surface area contributed by atoms with Gasteiger partial charge in [0.15, 0.2) is 0 Å². The van der Waals surface area contributed by atoms with Crippen molar-refractivity contribution in [2.75, 3.05) is 0 Å². The predicted octanol–water partition coefficient (Wildman–Crippen LogP) is 4.43. The summed E-state index contributed by atoms with van der Waals surface area (Å²) in [6.45, 7) is 4.10. The zero-order valence-corrected chi connectivity index (χ0v) is 14.6. The molecule has 3 aromatic heterocycles. The fraction of sp³-hybridized carbons (Fsp3) is 0.0952. The molecule has 0 amide bonds. The molecule has 1 aromatic carbocycles. The van der Waals surface area contributed by atoms with Crippen molar-refractivity contribution in [1.29, 1.82) is 5.26 Å². The second kappa shape index (κ2) is 6.34. The van der Waals surface area contributed by atoms with Gasteiger partial charge in [-0.05, 0) is 55.8 Å². The first-order valence-corrected chi connectivity index (χ1v) is 8.33. The number of benzene rings is 1. The van der Waals surface area contributed by atoms with E-state index in [0.717, 1.165) is 33.7 Å². The van der Waals surface area contributed by atoms with Crippen molar-refractivity contribution in [3.63, 3.8) is 0 Å². The Hall–Kier alpha value is -3.65. The highest BCUT2D eigenvalue weighted by atomic mass is 15.0. The SMILES string of the molecule is Cc1cc(/C=C(/C#N)c2nc3ccccc3[nH]2)c(C)n1-c1ccncc1. The summed E-state index contributed by atoms with van der Waals surface area (Å²) in [5.74, 6) is 0.586. The van der Waals surface area contributed by atoms with Crippen molar-refractivity contribution < 1.29 is 0 Å². The Morgan fingerprint density at radius 3 is 2.65 bits per heavy atom. The van der Waals surface area contributed by atoms with Gasteiger partial charge in [0.05, 0.1) is 16.6 Å². The van der Waals surface area contributed by atoms with Crippen LogP contribution in [0.25, 0.3) is 28.4 Å². The number of aryl methyl sites for hydroxylation is 1. The molecule has 0 spiro atoms. The van der Waals surface area contributed by atoms with Crippen LogP contribution in [0.5, 0.6) is 0 Å². The Balaban J connectivity index is 1.81. The van der Waals surface area contributed by atoms with Gasteiger partial charge in [-0.15, -0.1) is 0 Å². The molecule has 26 heavy (non-hydrogen) atoms. The molecule has 0 unspecified atom stereocenters. The number of imidazole rings is 1. The Bertz CT molecular complexity index is 1120. The molecule has 0 atom stereocenters. The Labute approximate surface area is 151 Å². The van der Waals surface area contributed by atoms with E-state index in [-0.39, 0.29) is 0 Å². The third-order valence-corrected chi connectivity index (χ3v) is 4.46. The number of H-pyrrole nitrogens is 1. The van der Waals surface area contributed by atoms with E-state index in [4.69, 9.17) is 0 Å². The summed E-state index contributed by atoms with van der Waals surface area (Å²) in [6.07, 6.45) is 5.44. The summed E-state index contributed by atoms with van der Waals surface area (Å²) in [4.78, 5) is 11.8. The van der Waals surface area contributed by atoms with E-state index in [1.165, 1.54) is 0 Å². The van der Waals surface area contributed by atoms with E-state index in [1.54, 1.807) is 12.4 Å². The van der Waals surface area contributed by atoms with Crippen LogP contribution >= 0.6 is 0 Å². The monoisotopic (exact) mass is 339 g/mol. The lowest BCUT2D eigenvalue weighted by Crippen LogP contribution is -1.98. The van der Waals surface area contributed by atoms with Gasteiger partial charge >= 0.3 is 0 Å². The predicted molar refractivity (Wildman–Crippen MR) is 103 cm³/mol. The van der Waals surface area contributed by atoms with Gasteiger partial charge in [-0.3, -0.25) is 4.98 Å². The number of fused-ring (bicyclic) bond motifs is 1. The van der Waals surface area contributed by atoms with Crippen molar-refractivity contribution in [3.8, 4) is 11.8 Å². The zero-order chi connectivity index (χ0) is 18.1. The second-order valence-electron chi connectivity index (χ2n) is 6.14. The van der Waals surface area contributed by atoms with Crippen LogP contribution in [0.1, 0.15) is 22.8 Å². The molecule has 0 saturated heterocycles. The van der Waals surface area contributed by atoms with Gasteiger partial charge in [0.25, 0.3) is 0 Å². The summed E-state index contributed by atoms with van der Waals surface area (Å²) in [6, 6.07) is 16.1. The van der Waals surface area contributed by atoms with Gasteiger partial charge in [-0.1, -0.05) is 12.1 Å². The largest absolute Gasteiger partial charge is 0.337 e. The van der Waals surface area contributed by atoms with E-state index < -0.39 is 0 Å². The lowest BCUT2D eigenvalue weighted by Gasteiger charge is -2.08. The van der Waals surface area contributed by atoms with Gasteiger partial charge in [0, 0.05) is 29.5 Å². The average Bonchev–Trinajstić information content (AvgIpc) is 3.21. The topological polar surface area (TPSA) is 70.3 Å². The molecule has 1 N–H and O–H groups in total. The molecule has 4 aromatic rings. The van der Waals surface area contributed by atoms with E-state index in [9.17, 15) is 5.26 Å². The molecule has 5 nitrogen and oxygen atoms in total. The van der Waals surface area contributed by atoms with Crippen LogP contribution in [-0.2, 0) is 0 Å². The summed E-state index contributed by atoms with van der Waals surface area (Å²) >= 11 is 0. The molecule has 0 aliphatic heterocycles. The Morgan fingerprint density at radius 1 is 1.15 bits per heavy atom. The maximum Gasteiger partial charge on any atom is 0.149 e. The van der Waals surface area contributed by atoms with Gasteiger partial charge in [0.2, 0.25) is 0 Å². The average molecular weight is 339 g/mol. The summed E-state index contributed by atoms with van der Waals surface area (Å²) < 4.78 is 2.15. The van der Waals surface area contributed by atoms with Crippen molar-refractivity contribution in [2.45, 2.75) is 13.8 Å². The minimum absolute atomic E-state index is 0.510. The van der Waals surface area contributed by atoms with Crippen LogP contribution in [0.3, 0.4) is 0 Å². The van der Waals surface area contributed by atoms with Crippen molar-refractivity contribution in [2.24, 2.45) is 0 Å². The number of nitriles is 1. The van der Waals surface area contributed by atoms with Gasteiger partial charge in [0.1, 0.15) is 11.9 Å². The molecule has 0 bridgehead atoms. The summed E-state index contributed by atoms with van der Waals surface area (Å²) in [5, 5.41) is 9.66. The third-order valence-electron chi connectivity index (χ3n) is 4.46. The van der Waals surface area contributed by atoms with E-state index >= 15 is 0 Å². The smallest absolute Gasteiger partial charge is 0.149 e. The first-order valence-electron chi connectivity index (χ1n) is 8.33. The molecule has 0 saturated carbocycles. The molecule has 4 rings (SSSR count). The normalized spacial score (nSPS) is 11.7. The van der Waals surface area contributed by atoms with Gasteiger partial charge < -0.3 is 9.55 Å². The van der Waals surface area contributed by atoms with Crippen LogP contribution < -0.4 is 0 Å². The number of pyridine rings is 1. The van der Waals surface area contributed by atoms with Crippen LogP contribution in [0.15, 0.2) is 54.9 Å². The highest BCUT2D eigenvalue weighted by molar-refractivity contribution is 5.90. The zero-order valence-electron chi connectivity index (χ0n) is 14.6. The Morgan fingerprint density at radius 2 is 1.92 bits per heavy atom. The van der Waals surface area contributed by atoms with Gasteiger partial charge in [-0.25, -0.2) is 4.98 Å². The number of hydrogen-bond donors (Lipinski definition) is 1. The van der Waals surface area contributed by atoms with E-state index in [2.05, 4.69) is 38.6 Å². The highest BCUT2D eigenvalue weighted by Crippen LogP contribution is 2.25. The van der Waals surface area contributed by atoms with E-state index in [0.29, 0.717) is 11.4 Å². The first kappa shape index (κ1) is 15.9. The molecular formula is C21H17N5. The molecule has 0 aliphatic rings. The minimum Gasteiger partial charge on any atom is -0.337 e. The highest BCUT2D eigenvalue weighted by Gasteiger charge is 2.12. The molecule has 0 fully saturated rings. The number of aromatic amines is 1. The van der Waals surface area contributed by atoms with Crippen LogP contribution in [0, 0.1) is 25.2 Å². The standard InChI is InChI=1S/C21H17N5/c1-14-11-16(15(2)26(14)18-7-9-23-10-8-18)12-17(13-22)21-24-19-5-3-4-6-20(19)25-21/h3-12H,1-2H3,(H,24,25)/b17-12-. The molecular weight excluding hydrogens is 322 g/mol. The number of hydrogen-bond acceptors (Lipinski definition) is 3. The van der Waals surface area contributed by atoms with Crippen LogP contribution in [0.2, 0.25) is 0 Å². The van der Waals surface area contributed by atoms with E-state index in [1.807, 2.05) is 49.4 Å². The quantitative estimate of drug-likeness (QED) is 0.561. The molecule has 5 heteroatoms. The number of para-hydroxylation sites is 2. The van der Waals surface area contributed by atoms with Crippen LogP contribution in [-0.4, -0.2) is 19.5 Å². The Kier molecular flexibility index (Phi) is 3.86. The lowest BCUT2D eigenvalue weighted by molar-refractivity contribution is 0.960. The fourth-order valence-electron chi connectivity index (χ4n) is 3.21. The first-order chi connectivity index (χ1) is 12.7. The number of aromatic nitrogens is 4. The number of rotatable bonds is 3. The third kappa shape index (κ3) is 2.68. The minimum atomic E-state index is 0.510. The molecule has 126 valence electrons. The number of nitrogens with one attached hydrogen (secondary N) is 1. The molecule has 3 heterocycles. The summed E-state index contributed by atoms with van der Waals surface area (Å²) in [5.41, 5.74) is 6.50. The second-order valence-corrected chi connectivity index (χ2v) is 6.14. The van der Waals surface area contributed by atoms with Crippen molar-refractivity contribution in [1.82, 2.24) is 19.5 Å². The van der Waals surface area contributed by atoms with Crippen LogP contribution in [0.4, 0.5) is 0 Å². The summed E-state index contributed by atoms with van der Waals surface area (Å²) in [7, 11) is 0. The molecule has 0 aliphatic carbocycles. The number of allylic oxidation sites excluding steroid dienone is 1. The maximum atomic E-state index is 9.66. The lowest BCUT2D eigenvalue weighted by atomic mass is 10.1. The maximum absolute atomic E-state index is 9.66. The van der Waals surface area contributed by atoms with Crippen molar-refractivity contribution >= 4 is 22.7 Å². The van der Waals surface area contributed by atoms with Crippen molar-refractivity contribution in [3.05, 3.63) is 77.6 Å². The molecule has 0 radical (unpaired) electrons. The fourth-order valence-corrected chi connectivity index (χ4v) is 3.21. The van der Waals surface area contributed by atoms with Gasteiger partial charge in [-0.2, -0.15) is 5.26 Å². The number of nitrogens with zero attached hydrogens (tertiary/aromatic N) is 4.